The minimum absolute atomic E-state index is 0.197. The molecular formula is C18H20BN5O5. The van der Waals surface area contributed by atoms with Crippen molar-refractivity contribution in [2.24, 2.45) is 0 Å². The summed E-state index contributed by atoms with van der Waals surface area (Å²) in [5.41, 5.74) is 8.79. The third-order valence-electron chi connectivity index (χ3n) is 5.30. The molecule has 150 valence electrons. The van der Waals surface area contributed by atoms with Gasteiger partial charge in [-0.25, -0.2) is 15.0 Å². The highest BCUT2D eigenvalue weighted by Gasteiger charge is 2.55. The van der Waals surface area contributed by atoms with Gasteiger partial charge >= 0.3 is 7.12 Å². The van der Waals surface area contributed by atoms with Gasteiger partial charge in [-0.3, -0.25) is 4.57 Å². The lowest BCUT2D eigenvalue weighted by Crippen LogP contribution is -2.38. The summed E-state index contributed by atoms with van der Waals surface area (Å²) < 4.78 is 25.5. The van der Waals surface area contributed by atoms with Crippen LogP contribution >= 0.6 is 0 Å². The van der Waals surface area contributed by atoms with E-state index in [-0.39, 0.29) is 12.4 Å². The predicted octanol–water partition coefficient (Wildman–Crippen LogP) is -0.376. The van der Waals surface area contributed by atoms with Crippen molar-refractivity contribution in [2.45, 2.75) is 31.1 Å². The molecule has 2 fully saturated rings. The number of aliphatic hydroxyl groups excluding tert-OH is 1. The molecule has 0 aliphatic carbocycles. The fraction of sp³-hybridized carbons (Fsp3) is 0.389. The lowest BCUT2D eigenvalue weighted by molar-refractivity contribution is -0.0570. The van der Waals surface area contributed by atoms with Gasteiger partial charge in [-0.2, -0.15) is 0 Å². The van der Waals surface area contributed by atoms with Crippen molar-refractivity contribution in [3.63, 3.8) is 0 Å². The van der Waals surface area contributed by atoms with E-state index in [1.165, 1.54) is 6.33 Å². The van der Waals surface area contributed by atoms with Gasteiger partial charge in [0.05, 0.1) is 19.5 Å². The lowest BCUT2D eigenvalue weighted by Gasteiger charge is -2.20. The summed E-state index contributed by atoms with van der Waals surface area (Å²) in [4.78, 5) is 12.5. The Morgan fingerprint density at radius 2 is 2.03 bits per heavy atom. The van der Waals surface area contributed by atoms with Crippen molar-refractivity contribution < 1.29 is 23.9 Å². The molecular weight excluding hydrogens is 377 g/mol. The van der Waals surface area contributed by atoms with Crippen LogP contribution in [-0.4, -0.2) is 63.8 Å². The number of methoxy groups -OCH3 is 1. The maximum atomic E-state index is 9.83. The zero-order chi connectivity index (χ0) is 20.0. The number of fused-ring (bicyclic) bond motifs is 2. The Hall–Kier alpha value is -2.57. The van der Waals surface area contributed by atoms with Crippen LogP contribution in [-0.2, 0) is 25.4 Å². The number of nitrogen functional groups attached to an aromatic ring is 1. The second-order valence-corrected chi connectivity index (χ2v) is 7.00. The molecule has 4 heterocycles. The molecule has 2 aliphatic heterocycles. The standard InChI is InChI=1S/C18H20BN5O5/c1-26-7-10-4-2-3-5-11(10)19-28-14-12(6-25)27-18(15(14)29-19)24-9-23-13-16(20)21-8-22-17(13)24/h2-5,8-9,12,14-15,18,25H,6-7H2,1H3,(H2,20,21,22)/t12-,14+,15?,18-/m1/s1. The molecule has 4 atom stereocenters. The first-order valence-electron chi connectivity index (χ1n) is 9.28. The Morgan fingerprint density at radius 1 is 1.21 bits per heavy atom. The lowest BCUT2D eigenvalue weighted by atomic mass is 9.76. The van der Waals surface area contributed by atoms with E-state index in [1.54, 1.807) is 18.0 Å². The summed E-state index contributed by atoms with van der Waals surface area (Å²) >= 11 is 0. The molecule has 29 heavy (non-hydrogen) atoms. The molecule has 0 saturated carbocycles. The Bertz CT molecular complexity index is 1030. The molecule has 1 unspecified atom stereocenters. The molecule has 2 aromatic heterocycles. The van der Waals surface area contributed by atoms with Crippen LogP contribution in [0.1, 0.15) is 11.8 Å². The highest BCUT2D eigenvalue weighted by atomic mass is 16.7. The fourth-order valence-corrected chi connectivity index (χ4v) is 3.96. The molecule has 10 nitrogen and oxygen atoms in total. The highest BCUT2D eigenvalue weighted by molar-refractivity contribution is 6.62. The average Bonchev–Trinajstić information content (AvgIpc) is 3.42. The maximum Gasteiger partial charge on any atom is 0.495 e. The number of anilines is 1. The molecule has 2 aliphatic rings. The number of benzene rings is 1. The van der Waals surface area contributed by atoms with Crippen LogP contribution in [0, 0.1) is 0 Å². The Labute approximate surface area is 166 Å². The van der Waals surface area contributed by atoms with Gasteiger partial charge in [-0.05, 0) is 11.0 Å². The first-order valence-corrected chi connectivity index (χ1v) is 9.28. The summed E-state index contributed by atoms with van der Waals surface area (Å²) in [6.45, 7) is 0.248. The number of imidazole rings is 1. The molecule has 1 aromatic carbocycles. The van der Waals surface area contributed by atoms with Gasteiger partial charge in [-0.15, -0.1) is 0 Å². The van der Waals surface area contributed by atoms with Gasteiger partial charge in [0.2, 0.25) is 0 Å². The van der Waals surface area contributed by atoms with E-state index < -0.39 is 31.7 Å². The fourth-order valence-electron chi connectivity index (χ4n) is 3.96. The van der Waals surface area contributed by atoms with E-state index in [0.717, 1.165) is 11.0 Å². The number of nitrogens with two attached hydrogens (primary N) is 1. The van der Waals surface area contributed by atoms with Gasteiger partial charge in [-0.1, -0.05) is 24.3 Å². The van der Waals surface area contributed by atoms with E-state index in [4.69, 9.17) is 24.5 Å². The average molecular weight is 397 g/mol. The molecule has 5 rings (SSSR count). The Kier molecular flexibility index (Phi) is 4.68. The van der Waals surface area contributed by atoms with Crippen LogP contribution in [0.2, 0.25) is 0 Å². The normalized spacial score (nSPS) is 26.3. The summed E-state index contributed by atoms with van der Waals surface area (Å²) in [5, 5.41) is 9.83. The third-order valence-corrected chi connectivity index (χ3v) is 5.30. The van der Waals surface area contributed by atoms with Crippen molar-refractivity contribution in [1.82, 2.24) is 19.5 Å². The Morgan fingerprint density at radius 3 is 2.86 bits per heavy atom. The molecule has 0 spiro atoms. The number of rotatable bonds is 5. The summed E-state index contributed by atoms with van der Waals surface area (Å²) in [5.74, 6) is 0.289. The van der Waals surface area contributed by atoms with Crippen molar-refractivity contribution in [1.29, 1.82) is 0 Å². The SMILES string of the molecule is COCc1ccccc1B1OC2[C@@H](O1)[C@@H](CO)O[C@H]2n1cnc2c(N)ncnc21. The van der Waals surface area contributed by atoms with Gasteiger partial charge in [0, 0.05) is 7.11 Å². The largest absolute Gasteiger partial charge is 0.495 e. The maximum absolute atomic E-state index is 9.83. The highest BCUT2D eigenvalue weighted by Crippen LogP contribution is 2.39. The second-order valence-electron chi connectivity index (χ2n) is 7.00. The van der Waals surface area contributed by atoms with Crippen molar-refractivity contribution in [2.75, 3.05) is 19.5 Å². The molecule has 0 amide bonds. The number of hydrogen-bond acceptors (Lipinski definition) is 9. The van der Waals surface area contributed by atoms with E-state index in [9.17, 15) is 5.11 Å². The monoisotopic (exact) mass is 397 g/mol. The summed E-state index contributed by atoms with van der Waals surface area (Å²) in [7, 11) is 1.05. The molecule has 2 saturated heterocycles. The first kappa shape index (κ1) is 18.5. The minimum atomic E-state index is -0.591. The second kappa shape index (κ2) is 7.36. The van der Waals surface area contributed by atoms with Crippen LogP contribution in [0.25, 0.3) is 11.2 Å². The zero-order valence-electron chi connectivity index (χ0n) is 15.7. The number of aliphatic hydroxyl groups is 1. The van der Waals surface area contributed by atoms with Crippen LogP contribution < -0.4 is 11.2 Å². The summed E-state index contributed by atoms with van der Waals surface area (Å²) in [6, 6.07) is 7.79. The van der Waals surface area contributed by atoms with Gasteiger partial charge in [0.1, 0.15) is 30.2 Å². The van der Waals surface area contributed by atoms with Crippen LogP contribution in [0.4, 0.5) is 5.82 Å². The number of nitrogens with zero attached hydrogens (tertiary/aromatic N) is 4. The molecule has 11 heteroatoms. The number of aromatic nitrogens is 4. The van der Waals surface area contributed by atoms with Gasteiger partial charge in [0.25, 0.3) is 0 Å². The van der Waals surface area contributed by atoms with Crippen LogP contribution in [0.15, 0.2) is 36.9 Å². The van der Waals surface area contributed by atoms with E-state index in [0.29, 0.717) is 17.8 Å². The van der Waals surface area contributed by atoms with Crippen molar-refractivity contribution in [3.8, 4) is 0 Å². The van der Waals surface area contributed by atoms with Gasteiger partial charge in [0.15, 0.2) is 17.7 Å². The summed E-state index contributed by atoms with van der Waals surface area (Å²) in [6.07, 6.45) is 0.954. The van der Waals surface area contributed by atoms with E-state index in [2.05, 4.69) is 15.0 Å². The minimum Gasteiger partial charge on any atom is -0.399 e. The van der Waals surface area contributed by atoms with Crippen molar-refractivity contribution >= 4 is 29.6 Å². The quantitative estimate of drug-likeness (QED) is 0.554. The molecule has 3 aromatic rings. The molecule has 3 N–H and O–H groups in total. The smallest absolute Gasteiger partial charge is 0.399 e. The topological polar surface area (TPSA) is 127 Å². The van der Waals surface area contributed by atoms with Gasteiger partial charge < -0.3 is 29.6 Å². The van der Waals surface area contributed by atoms with Crippen molar-refractivity contribution in [3.05, 3.63) is 42.5 Å². The van der Waals surface area contributed by atoms with Crippen LogP contribution in [0.3, 0.4) is 0 Å². The molecule has 0 bridgehead atoms. The Balaban J connectivity index is 1.49. The van der Waals surface area contributed by atoms with E-state index >= 15 is 0 Å². The zero-order valence-corrected chi connectivity index (χ0v) is 15.7. The van der Waals surface area contributed by atoms with E-state index in [1.807, 2.05) is 24.3 Å². The predicted molar refractivity (Wildman–Crippen MR) is 103 cm³/mol. The molecule has 0 radical (unpaired) electrons. The number of hydrogen-bond donors (Lipinski definition) is 2. The first-order chi connectivity index (χ1) is 14.2. The number of ether oxygens (including phenoxy) is 2. The third kappa shape index (κ3) is 2.98. The van der Waals surface area contributed by atoms with Crippen LogP contribution in [0.5, 0.6) is 0 Å².